The number of benzene rings is 2. The minimum atomic E-state index is -0.467. The molecule has 1 amide bonds. The van der Waals surface area contributed by atoms with Gasteiger partial charge in [-0.25, -0.2) is 4.39 Å². The number of rotatable bonds is 3. The van der Waals surface area contributed by atoms with Gasteiger partial charge in [-0.2, -0.15) is 15.1 Å². The quantitative estimate of drug-likeness (QED) is 0.549. The highest BCUT2D eigenvalue weighted by atomic mass is 32.2. The molecule has 0 saturated heterocycles. The third-order valence-corrected chi connectivity index (χ3v) is 6.53. The van der Waals surface area contributed by atoms with E-state index in [-0.39, 0.29) is 17.2 Å². The number of nitrogens with zero attached hydrogens (tertiary/aromatic N) is 4. The summed E-state index contributed by atoms with van der Waals surface area (Å²) in [6.07, 6.45) is 1.68. The van der Waals surface area contributed by atoms with Crippen LogP contribution in [0.15, 0.2) is 70.3 Å². The minimum absolute atomic E-state index is 0.00765. The molecule has 0 spiro atoms. The molecule has 0 radical (unpaired) electrons. The summed E-state index contributed by atoms with van der Waals surface area (Å²) in [4.78, 5) is 17.0. The molecule has 164 valence electrons. The van der Waals surface area contributed by atoms with E-state index in [0.717, 1.165) is 33.8 Å². The molecule has 2 aliphatic heterocycles. The van der Waals surface area contributed by atoms with Gasteiger partial charge in [-0.15, -0.1) is 0 Å². The van der Waals surface area contributed by atoms with Crippen molar-refractivity contribution in [1.29, 1.82) is 5.41 Å². The molecule has 8 heteroatoms. The van der Waals surface area contributed by atoms with Gasteiger partial charge in [0.25, 0.3) is 5.91 Å². The second-order valence-corrected chi connectivity index (χ2v) is 8.89. The Labute approximate surface area is 194 Å². The molecule has 5 rings (SSSR count). The van der Waals surface area contributed by atoms with Crippen LogP contribution in [0.3, 0.4) is 0 Å². The van der Waals surface area contributed by atoms with Crippen molar-refractivity contribution in [3.63, 3.8) is 0 Å². The van der Waals surface area contributed by atoms with E-state index in [9.17, 15) is 9.18 Å². The maximum absolute atomic E-state index is 13.4. The molecular weight excluding hydrogens is 437 g/mol. The van der Waals surface area contributed by atoms with Crippen LogP contribution < -0.4 is 0 Å². The van der Waals surface area contributed by atoms with E-state index in [1.165, 1.54) is 28.9 Å². The van der Waals surface area contributed by atoms with Gasteiger partial charge in [0.1, 0.15) is 10.9 Å². The predicted octanol–water partition coefficient (Wildman–Crippen LogP) is 5.21. The van der Waals surface area contributed by atoms with Crippen molar-refractivity contribution >= 4 is 39.8 Å². The number of aliphatic imine (C=N–C) groups is 1. The molecular formula is C25H20FN5OS. The largest absolute Gasteiger partial charge is 0.318 e. The molecule has 0 atom stereocenters. The number of thioether (sulfide) groups is 1. The number of hydrogen-bond donors (Lipinski definition) is 1. The standard InChI is InChI=1S/C25H20FN5OS/c1-14-5-4-6-17(11-14)24-29-31-22(27)21(23(32)28-25(31)33-24)13-18-12-15(2)30(16(18)3)20-9-7-19(26)8-10-20/h4-13,27H,1-3H3/b21-13-,27-22?. The molecule has 1 aromatic heterocycles. The third-order valence-electron chi connectivity index (χ3n) is 5.57. The first-order chi connectivity index (χ1) is 15.8. The Morgan fingerprint density at radius 2 is 1.82 bits per heavy atom. The molecule has 0 aliphatic carbocycles. The maximum atomic E-state index is 13.4. The van der Waals surface area contributed by atoms with Crippen molar-refractivity contribution in [2.75, 3.05) is 0 Å². The highest BCUT2D eigenvalue weighted by molar-refractivity contribution is 8.27. The van der Waals surface area contributed by atoms with Crippen molar-refractivity contribution in [3.8, 4) is 5.69 Å². The van der Waals surface area contributed by atoms with Gasteiger partial charge in [-0.05, 0) is 80.6 Å². The number of halogens is 1. The summed E-state index contributed by atoms with van der Waals surface area (Å²) in [5, 5.41) is 15.7. The Morgan fingerprint density at radius 1 is 1.06 bits per heavy atom. The summed E-state index contributed by atoms with van der Waals surface area (Å²) in [6, 6.07) is 16.1. The van der Waals surface area contributed by atoms with Crippen molar-refractivity contribution in [2.24, 2.45) is 10.1 Å². The average molecular weight is 458 g/mol. The number of carbonyl (C=O) groups is 1. The summed E-state index contributed by atoms with van der Waals surface area (Å²) in [6.45, 7) is 5.87. The number of fused-ring (bicyclic) bond motifs is 1. The molecule has 0 saturated carbocycles. The smallest absolute Gasteiger partial charge is 0.283 e. The van der Waals surface area contributed by atoms with Gasteiger partial charge in [0.15, 0.2) is 5.84 Å². The zero-order chi connectivity index (χ0) is 23.3. The van der Waals surface area contributed by atoms with Crippen LogP contribution in [-0.4, -0.2) is 31.5 Å². The lowest BCUT2D eigenvalue weighted by molar-refractivity contribution is -0.114. The molecule has 0 fully saturated rings. The monoisotopic (exact) mass is 457 g/mol. The number of hydrogen-bond acceptors (Lipinski definition) is 4. The number of aryl methyl sites for hydroxylation is 2. The van der Waals surface area contributed by atoms with E-state index < -0.39 is 5.91 Å². The molecule has 6 nitrogen and oxygen atoms in total. The maximum Gasteiger partial charge on any atom is 0.283 e. The normalized spacial score (nSPS) is 16.8. The highest BCUT2D eigenvalue weighted by Gasteiger charge is 2.36. The fourth-order valence-electron chi connectivity index (χ4n) is 3.96. The Kier molecular flexibility index (Phi) is 5.09. The fraction of sp³-hybridized carbons (Fsp3) is 0.120. The highest BCUT2D eigenvalue weighted by Crippen LogP contribution is 2.32. The molecule has 1 N–H and O–H groups in total. The SMILES string of the molecule is Cc1cccc(C2=NN3C(=N)/C(=C/c4cc(C)n(-c5ccc(F)cc5)c4C)C(=O)N=C3S2)c1. The van der Waals surface area contributed by atoms with Crippen molar-refractivity contribution in [2.45, 2.75) is 20.8 Å². The van der Waals surface area contributed by atoms with Crippen LogP contribution in [0.25, 0.3) is 11.8 Å². The van der Waals surface area contributed by atoms with E-state index in [0.29, 0.717) is 10.2 Å². The van der Waals surface area contributed by atoms with Crippen molar-refractivity contribution in [1.82, 2.24) is 9.58 Å². The Morgan fingerprint density at radius 3 is 2.55 bits per heavy atom. The van der Waals surface area contributed by atoms with Crippen LogP contribution in [0.4, 0.5) is 4.39 Å². The lowest BCUT2D eigenvalue weighted by atomic mass is 10.1. The summed E-state index contributed by atoms with van der Waals surface area (Å²) in [5.74, 6) is -0.773. The van der Waals surface area contributed by atoms with Gasteiger partial charge in [0, 0.05) is 22.6 Å². The van der Waals surface area contributed by atoms with E-state index >= 15 is 0 Å². The molecule has 0 unspecified atom stereocenters. The second kappa shape index (κ2) is 7.97. The van der Waals surface area contributed by atoms with Gasteiger partial charge >= 0.3 is 0 Å². The zero-order valence-electron chi connectivity index (χ0n) is 18.3. The van der Waals surface area contributed by atoms with Crippen molar-refractivity contribution in [3.05, 3.63) is 94.1 Å². The first-order valence-electron chi connectivity index (χ1n) is 10.3. The first-order valence-corrected chi connectivity index (χ1v) is 11.2. The molecule has 2 aromatic carbocycles. The zero-order valence-corrected chi connectivity index (χ0v) is 19.1. The summed E-state index contributed by atoms with van der Waals surface area (Å²) in [5.41, 5.74) is 5.62. The van der Waals surface area contributed by atoms with Crippen LogP contribution in [0.5, 0.6) is 0 Å². The Bertz CT molecular complexity index is 1420. The molecule has 3 aromatic rings. The minimum Gasteiger partial charge on any atom is -0.318 e. The van der Waals surface area contributed by atoms with E-state index in [1.807, 2.05) is 55.7 Å². The number of aromatic nitrogens is 1. The van der Waals surface area contributed by atoms with Crippen molar-refractivity contribution < 1.29 is 9.18 Å². The lowest BCUT2D eigenvalue weighted by Gasteiger charge is -2.20. The van der Waals surface area contributed by atoms with Crippen LogP contribution in [-0.2, 0) is 4.79 Å². The molecule has 0 bridgehead atoms. The number of hydrazone groups is 1. The molecule has 33 heavy (non-hydrogen) atoms. The van der Waals surface area contributed by atoms with Gasteiger partial charge in [0.2, 0.25) is 5.17 Å². The van der Waals surface area contributed by atoms with Crippen LogP contribution in [0.1, 0.15) is 28.1 Å². The third kappa shape index (κ3) is 3.72. The fourth-order valence-corrected chi connectivity index (χ4v) is 4.85. The van der Waals surface area contributed by atoms with E-state index in [4.69, 9.17) is 5.41 Å². The van der Waals surface area contributed by atoms with E-state index in [2.05, 4.69) is 10.1 Å². The van der Waals surface area contributed by atoms with Crippen LogP contribution in [0, 0.1) is 32.0 Å². The number of amides is 1. The lowest BCUT2D eigenvalue weighted by Crippen LogP contribution is -2.35. The van der Waals surface area contributed by atoms with Gasteiger partial charge in [0.05, 0.1) is 5.57 Å². The van der Waals surface area contributed by atoms with Crippen LogP contribution >= 0.6 is 11.8 Å². The van der Waals surface area contributed by atoms with E-state index in [1.54, 1.807) is 18.2 Å². The number of nitrogens with one attached hydrogen (secondary N) is 1. The van der Waals surface area contributed by atoms with Gasteiger partial charge in [-0.3, -0.25) is 10.2 Å². The number of amidine groups is 2. The summed E-state index contributed by atoms with van der Waals surface area (Å²) in [7, 11) is 0. The number of carbonyl (C=O) groups excluding carboxylic acids is 1. The molecule has 2 aliphatic rings. The van der Waals surface area contributed by atoms with Gasteiger partial charge in [-0.1, -0.05) is 23.8 Å². The Hall–Kier alpha value is -3.78. The predicted molar refractivity (Wildman–Crippen MR) is 130 cm³/mol. The second-order valence-electron chi connectivity index (χ2n) is 7.93. The first kappa shape index (κ1) is 21.1. The van der Waals surface area contributed by atoms with Crippen LogP contribution in [0.2, 0.25) is 0 Å². The average Bonchev–Trinajstić information content (AvgIpc) is 3.33. The summed E-state index contributed by atoms with van der Waals surface area (Å²) >= 11 is 1.28. The summed E-state index contributed by atoms with van der Waals surface area (Å²) < 4.78 is 15.3. The Balaban J connectivity index is 1.51. The topological polar surface area (TPSA) is 73.8 Å². The molecule has 3 heterocycles. The van der Waals surface area contributed by atoms with Gasteiger partial charge < -0.3 is 4.57 Å².